The molecular formula is C21H36O5. The summed E-state index contributed by atoms with van der Waals surface area (Å²) in [6, 6.07) is 7.74. The van der Waals surface area contributed by atoms with Crippen molar-refractivity contribution in [2.75, 3.05) is 26.9 Å². The Labute approximate surface area is 159 Å². The van der Waals surface area contributed by atoms with Gasteiger partial charge in [0, 0.05) is 6.61 Å². The predicted octanol–water partition coefficient (Wildman–Crippen LogP) is 4.55. The highest BCUT2D eigenvalue weighted by Crippen LogP contribution is 2.13. The Hall–Kier alpha value is -2.11. The van der Waals surface area contributed by atoms with Gasteiger partial charge in [-0.05, 0) is 31.0 Å². The van der Waals surface area contributed by atoms with Crippen LogP contribution >= 0.6 is 0 Å². The Morgan fingerprint density at radius 3 is 2.31 bits per heavy atom. The Kier molecular flexibility index (Phi) is 30.6. The van der Waals surface area contributed by atoms with Crippen LogP contribution in [0.4, 0.5) is 0 Å². The van der Waals surface area contributed by atoms with Gasteiger partial charge in [-0.2, -0.15) is 0 Å². The molecule has 0 aliphatic rings. The fourth-order valence-corrected chi connectivity index (χ4v) is 1.36. The van der Waals surface area contributed by atoms with Gasteiger partial charge in [0.1, 0.15) is 12.4 Å². The van der Waals surface area contributed by atoms with Crippen LogP contribution in [0.15, 0.2) is 49.1 Å². The Morgan fingerprint density at radius 2 is 1.88 bits per heavy atom. The molecule has 1 aromatic carbocycles. The smallest absolute Gasteiger partial charge is 0.292 e. The van der Waals surface area contributed by atoms with Crippen molar-refractivity contribution >= 4 is 6.47 Å². The molecular weight excluding hydrogens is 332 g/mol. The number of carbonyl (C=O) groups is 1. The van der Waals surface area contributed by atoms with Crippen molar-refractivity contribution < 1.29 is 24.1 Å². The molecule has 0 saturated carbocycles. The molecule has 0 aliphatic carbocycles. The molecule has 0 radical (unpaired) electrons. The second-order valence-electron chi connectivity index (χ2n) is 4.37. The minimum absolute atomic E-state index is 0.0383. The number of methoxy groups -OCH3 is 1. The summed E-state index contributed by atoms with van der Waals surface area (Å²) in [7, 11) is 1.31. The van der Waals surface area contributed by atoms with Gasteiger partial charge < -0.3 is 19.3 Å². The van der Waals surface area contributed by atoms with E-state index in [-0.39, 0.29) is 6.61 Å². The number of ether oxygens (including phenoxy) is 3. The van der Waals surface area contributed by atoms with Gasteiger partial charge in [-0.1, -0.05) is 57.7 Å². The molecule has 0 amide bonds. The van der Waals surface area contributed by atoms with E-state index in [4.69, 9.17) is 19.4 Å². The lowest BCUT2D eigenvalue weighted by Crippen LogP contribution is -2.02. The number of hydrogen-bond donors (Lipinski definition) is 1. The van der Waals surface area contributed by atoms with E-state index in [1.807, 2.05) is 57.2 Å². The van der Waals surface area contributed by atoms with E-state index in [1.54, 1.807) is 6.08 Å². The molecule has 1 rings (SSSR count). The van der Waals surface area contributed by atoms with Crippen LogP contribution in [-0.4, -0.2) is 38.5 Å². The molecule has 0 spiro atoms. The normalized spacial score (nSPS) is 8.69. The first kappa shape index (κ1) is 28.7. The predicted molar refractivity (Wildman–Crippen MR) is 108 cm³/mol. The maximum Gasteiger partial charge on any atom is 0.292 e. The van der Waals surface area contributed by atoms with Gasteiger partial charge in [0.05, 0.1) is 20.3 Å². The number of rotatable bonds is 9. The average Bonchev–Trinajstić information content (AvgIpc) is 2.70. The van der Waals surface area contributed by atoms with Crippen LogP contribution in [0.3, 0.4) is 0 Å². The highest BCUT2D eigenvalue weighted by atomic mass is 16.5. The molecule has 150 valence electrons. The second kappa shape index (κ2) is 27.7. The minimum Gasteiger partial charge on any atom is -0.491 e. The SMILES string of the molecule is C=C/C=C\C.CC.CCCOCc1cccc(OCCO)c1.COC=O. The van der Waals surface area contributed by atoms with Crippen molar-refractivity contribution in [1.82, 2.24) is 0 Å². The number of allylic oxidation sites excluding steroid dienone is 3. The van der Waals surface area contributed by atoms with E-state index >= 15 is 0 Å². The lowest BCUT2D eigenvalue weighted by molar-refractivity contribution is -0.126. The summed E-state index contributed by atoms with van der Waals surface area (Å²) in [4.78, 5) is 8.95. The molecule has 0 unspecified atom stereocenters. The lowest BCUT2D eigenvalue weighted by Gasteiger charge is -2.07. The topological polar surface area (TPSA) is 65.0 Å². The summed E-state index contributed by atoms with van der Waals surface area (Å²) in [5.41, 5.74) is 1.10. The van der Waals surface area contributed by atoms with Gasteiger partial charge in [-0.25, -0.2) is 0 Å². The van der Waals surface area contributed by atoms with Crippen molar-refractivity contribution in [2.45, 2.75) is 40.7 Å². The molecule has 1 N–H and O–H groups in total. The Morgan fingerprint density at radius 1 is 1.23 bits per heavy atom. The summed E-state index contributed by atoms with van der Waals surface area (Å²) in [5, 5.41) is 8.62. The van der Waals surface area contributed by atoms with E-state index in [1.165, 1.54) is 7.11 Å². The number of hydrogen-bond acceptors (Lipinski definition) is 5. The number of carbonyl (C=O) groups excluding carboxylic acids is 1. The van der Waals surface area contributed by atoms with Crippen LogP contribution in [0.2, 0.25) is 0 Å². The van der Waals surface area contributed by atoms with E-state index in [0.29, 0.717) is 19.7 Å². The largest absolute Gasteiger partial charge is 0.491 e. The quantitative estimate of drug-likeness (QED) is 0.393. The standard InChI is InChI=1S/C12H18O3.C5H8.C2H4O2.C2H6/c1-2-7-14-10-11-4-3-5-12(9-11)15-8-6-13;1-3-5-4-2;1-4-2-3;1-2/h3-5,9,13H,2,6-8,10H2,1H3;3-5H,1H2,2H3;2H,1H3;1-2H3/b;5-4-;;. The van der Waals surface area contributed by atoms with E-state index < -0.39 is 0 Å². The molecule has 0 aromatic heterocycles. The third kappa shape index (κ3) is 24.1. The van der Waals surface area contributed by atoms with Crippen molar-refractivity contribution in [1.29, 1.82) is 0 Å². The highest BCUT2D eigenvalue weighted by molar-refractivity contribution is 5.36. The van der Waals surface area contributed by atoms with Gasteiger partial charge in [0.25, 0.3) is 6.47 Å². The van der Waals surface area contributed by atoms with E-state index in [9.17, 15) is 0 Å². The van der Waals surface area contributed by atoms with Crippen LogP contribution in [-0.2, 0) is 20.9 Å². The monoisotopic (exact) mass is 368 g/mol. The van der Waals surface area contributed by atoms with Crippen LogP contribution in [0, 0.1) is 0 Å². The first-order valence-corrected chi connectivity index (χ1v) is 8.80. The van der Waals surface area contributed by atoms with Gasteiger partial charge in [0.15, 0.2) is 0 Å². The van der Waals surface area contributed by atoms with Crippen LogP contribution in [0.25, 0.3) is 0 Å². The fourth-order valence-electron chi connectivity index (χ4n) is 1.36. The first-order chi connectivity index (χ1) is 12.7. The van der Waals surface area contributed by atoms with Crippen molar-refractivity contribution in [3.63, 3.8) is 0 Å². The zero-order valence-corrected chi connectivity index (χ0v) is 16.9. The third-order valence-corrected chi connectivity index (χ3v) is 2.30. The summed E-state index contributed by atoms with van der Waals surface area (Å²) >= 11 is 0. The van der Waals surface area contributed by atoms with Gasteiger partial charge >= 0.3 is 0 Å². The summed E-state index contributed by atoms with van der Waals surface area (Å²) in [5.74, 6) is 0.779. The summed E-state index contributed by atoms with van der Waals surface area (Å²) < 4.78 is 14.6. The van der Waals surface area contributed by atoms with Crippen LogP contribution < -0.4 is 4.74 Å². The zero-order chi connectivity index (χ0) is 20.5. The van der Waals surface area contributed by atoms with Crippen molar-refractivity contribution in [2.24, 2.45) is 0 Å². The molecule has 0 atom stereocenters. The molecule has 0 fully saturated rings. The zero-order valence-electron chi connectivity index (χ0n) is 16.9. The fraction of sp³-hybridized carbons (Fsp3) is 0.476. The average molecular weight is 369 g/mol. The van der Waals surface area contributed by atoms with Gasteiger partial charge in [-0.15, -0.1) is 0 Å². The number of benzene rings is 1. The third-order valence-electron chi connectivity index (χ3n) is 2.30. The van der Waals surface area contributed by atoms with E-state index in [0.717, 1.165) is 24.3 Å². The van der Waals surface area contributed by atoms with E-state index in [2.05, 4.69) is 18.2 Å². The highest BCUT2D eigenvalue weighted by Gasteiger charge is 1.96. The molecule has 5 nitrogen and oxygen atoms in total. The first-order valence-electron chi connectivity index (χ1n) is 8.80. The molecule has 0 heterocycles. The Balaban J connectivity index is -0.000000398. The van der Waals surface area contributed by atoms with Gasteiger partial charge in [0.2, 0.25) is 0 Å². The molecule has 5 heteroatoms. The van der Waals surface area contributed by atoms with Gasteiger partial charge in [-0.3, -0.25) is 4.79 Å². The van der Waals surface area contributed by atoms with Crippen molar-refractivity contribution in [3.8, 4) is 5.75 Å². The summed E-state index contributed by atoms with van der Waals surface area (Å²) in [6.07, 6.45) is 6.60. The molecule has 0 bridgehead atoms. The minimum atomic E-state index is 0.0383. The molecule has 0 saturated heterocycles. The second-order valence-corrected chi connectivity index (χ2v) is 4.37. The maximum atomic E-state index is 8.95. The number of aliphatic hydroxyl groups is 1. The molecule has 0 aliphatic heterocycles. The number of aliphatic hydroxyl groups excluding tert-OH is 1. The van der Waals surface area contributed by atoms with Crippen LogP contribution in [0.1, 0.15) is 39.7 Å². The van der Waals surface area contributed by atoms with Crippen LogP contribution in [0.5, 0.6) is 5.75 Å². The maximum absolute atomic E-state index is 8.95. The summed E-state index contributed by atoms with van der Waals surface area (Å²) in [6.45, 7) is 13.6. The molecule has 1 aromatic rings. The van der Waals surface area contributed by atoms with Crippen molar-refractivity contribution in [3.05, 3.63) is 54.6 Å². The Bertz CT molecular complexity index is 430. The lowest BCUT2D eigenvalue weighted by atomic mass is 10.2. The molecule has 26 heavy (non-hydrogen) atoms.